The molecule has 0 radical (unpaired) electrons. The lowest BCUT2D eigenvalue weighted by Gasteiger charge is -2.06. The van der Waals surface area contributed by atoms with E-state index in [-0.39, 0.29) is 0 Å². The van der Waals surface area contributed by atoms with Gasteiger partial charge in [0.1, 0.15) is 7.28 Å². The van der Waals surface area contributed by atoms with Crippen LogP contribution in [-0.4, -0.2) is 7.28 Å². The van der Waals surface area contributed by atoms with Crippen LogP contribution in [-0.2, 0) is 0 Å². The molecule has 0 nitrogen and oxygen atoms in total. The second-order valence-electron chi connectivity index (χ2n) is 4.42. The zero-order valence-corrected chi connectivity index (χ0v) is 9.94. The number of hydrogen-bond acceptors (Lipinski definition) is 0. The first-order valence-corrected chi connectivity index (χ1v) is 6.31. The lowest BCUT2D eigenvalue weighted by molar-refractivity contribution is 0.571. The van der Waals surface area contributed by atoms with Gasteiger partial charge in [0.2, 0.25) is 0 Å². The fourth-order valence-electron chi connectivity index (χ4n) is 1.65. The van der Waals surface area contributed by atoms with Gasteiger partial charge in [-0.25, -0.2) is 0 Å². The van der Waals surface area contributed by atoms with Crippen molar-refractivity contribution in [2.24, 2.45) is 0 Å². The molecule has 0 rings (SSSR count). The van der Waals surface area contributed by atoms with Crippen molar-refractivity contribution >= 4 is 7.28 Å². The van der Waals surface area contributed by atoms with Gasteiger partial charge in [0.05, 0.1) is 0 Å². The Labute approximate surface area is 85.7 Å². The van der Waals surface area contributed by atoms with Crippen molar-refractivity contribution in [2.75, 3.05) is 0 Å². The van der Waals surface area contributed by atoms with Crippen LogP contribution in [0, 0.1) is 0 Å². The smallest absolute Gasteiger partial charge is 0.0891 e. The number of hydrogen-bond donors (Lipinski definition) is 0. The minimum Gasteiger partial charge on any atom is -0.0891 e. The van der Waals surface area contributed by atoms with Gasteiger partial charge in [0, 0.05) is 0 Å². The molecule has 0 aliphatic heterocycles. The van der Waals surface area contributed by atoms with Crippen LogP contribution < -0.4 is 0 Å². The van der Waals surface area contributed by atoms with Gasteiger partial charge in [-0.15, -0.1) is 0 Å². The van der Waals surface area contributed by atoms with Gasteiger partial charge in [-0.3, -0.25) is 0 Å². The fraction of sp³-hybridized carbons (Fsp3) is 1.00. The summed E-state index contributed by atoms with van der Waals surface area (Å²) >= 11 is 0. The molecule has 0 aromatic heterocycles. The minimum atomic E-state index is 0.954. The molecule has 0 bridgehead atoms. The van der Waals surface area contributed by atoms with Crippen molar-refractivity contribution in [1.29, 1.82) is 0 Å². The van der Waals surface area contributed by atoms with Crippen LogP contribution in [0.3, 0.4) is 0 Å². The van der Waals surface area contributed by atoms with E-state index in [1.54, 1.807) is 0 Å². The largest absolute Gasteiger partial charge is 0.120 e. The molecule has 0 fully saturated rings. The van der Waals surface area contributed by atoms with Gasteiger partial charge in [0.15, 0.2) is 0 Å². The summed E-state index contributed by atoms with van der Waals surface area (Å²) < 4.78 is 0. The van der Waals surface area contributed by atoms with Crippen molar-refractivity contribution in [1.82, 2.24) is 0 Å². The van der Waals surface area contributed by atoms with E-state index in [9.17, 15) is 0 Å². The van der Waals surface area contributed by atoms with Gasteiger partial charge < -0.3 is 0 Å². The summed E-state index contributed by atoms with van der Waals surface area (Å²) in [7, 11) is 1.36. The summed E-state index contributed by atoms with van der Waals surface area (Å²) in [5.41, 5.74) is 0. The van der Waals surface area contributed by atoms with Crippen molar-refractivity contribution in [3.8, 4) is 0 Å². The van der Waals surface area contributed by atoms with Crippen LogP contribution in [0.25, 0.3) is 0 Å². The zero-order valence-electron chi connectivity index (χ0n) is 9.94. The van der Waals surface area contributed by atoms with E-state index in [4.69, 9.17) is 0 Å². The van der Waals surface area contributed by atoms with Gasteiger partial charge in [-0.2, -0.15) is 0 Å². The van der Waals surface area contributed by atoms with E-state index in [2.05, 4.69) is 20.7 Å². The molecule has 78 valence electrons. The fourth-order valence-corrected chi connectivity index (χ4v) is 1.65. The van der Waals surface area contributed by atoms with E-state index in [1.165, 1.54) is 58.6 Å². The van der Waals surface area contributed by atoms with E-state index >= 15 is 0 Å². The van der Waals surface area contributed by atoms with Crippen molar-refractivity contribution < 1.29 is 0 Å². The third kappa shape index (κ3) is 9.98. The van der Waals surface area contributed by atoms with Crippen LogP contribution in [0.2, 0.25) is 12.6 Å². The van der Waals surface area contributed by atoms with Gasteiger partial charge >= 0.3 is 0 Å². The molecule has 0 aliphatic rings. The third-order valence-electron chi connectivity index (χ3n) is 3.00. The molecule has 0 saturated carbocycles. The SMILES string of the molecule is CBC(C)CCCCCCCCC. The predicted molar refractivity (Wildman–Crippen MR) is 65.0 cm³/mol. The average Bonchev–Trinajstić information content (AvgIpc) is 2.16. The highest BCUT2D eigenvalue weighted by Crippen LogP contribution is 2.14. The summed E-state index contributed by atoms with van der Waals surface area (Å²) in [5.74, 6) is 0.954. The summed E-state index contributed by atoms with van der Waals surface area (Å²) in [6.45, 7) is 6.95. The monoisotopic (exact) mass is 182 g/mol. The molecule has 0 heterocycles. The standard InChI is InChI=1S/C12H27B/c1-4-5-6-7-8-9-10-11-12(2)13-3/h12-13H,4-11H2,1-3H3. The predicted octanol–water partition coefficient (Wildman–Crippen LogP) is 4.42. The first-order chi connectivity index (χ1) is 6.31. The van der Waals surface area contributed by atoms with Gasteiger partial charge in [-0.1, -0.05) is 77.9 Å². The topological polar surface area (TPSA) is 0 Å². The first-order valence-electron chi connectivity index (χ1n) is 6.31. The van der Waals surface area contributed by atoms with E-state index < -0.39 is 0 Å². The summed E-state index contributed by atoms with van der Waals surface area (Å²) in [5, 5.41) is 0. The molecule has 1 heteroatoms. The highest BCUT2D eigenvalue weighted by atomic mass is 14.0. The summed E-state index contributed by atoms with van der Waals surface area (Å²) in [6.07, 6.45) is 11.6. The molecular formula is C12H27B. The number of unbranched alkanes of at least 4 members (excludes halogenated alkanes) is 6. The maximum atomic E-state index is 2.37. The Morgan fingerprint density at radius 2 is 1.46 bits per heavy atom. The normalized spacial score (nSPS) is 12.8. The summed E-state index contributed by atoms with van der Waals surface area (Å²) in [4.78, 5) is 0. The molecule has 0 spiro atoms. The highest BCUT2D eigenvalue weighted by Gasteiger charge is 1.98. The molecular weight excluding hydrogens is 155 g/mol. The van der Waals surface area contributed by atoms with Crippen LogP contribution in [0.15, 0.2) is 0 Å². The highest BCUT2D eigenvalue weighted by molar-refractivity contribution is 6.35. The average molecular weight is 182 g/mol. The lowest BCUT2D eigenvalue weighted by atomic mass is 9.66. The van der Waals surface area contributed by atoms with E-state index in [0.29, 0.717) is 0 Å². The van der Waals surface area contributed by atoms with Crippen molar-refractivity contribution in [2.45, 2.75) is 77.9 Å². The maximum absolute atomic E-state index is 2.37. The van der Waals surface area contributed by atoms with Crippen molar-refractivity contribution in [3.05, 3.63) is 0 Å². The van der Waals surface area contributed by atoms with Crippen LogP contribution in [0.1, 0.15) is 65.2 Å². The Morgan fingerprint density at radius 3 is 2.00 bits per heavy atom. The van der Waals surface area contributed by atoms with Crippen molar-refractivity contribution in [3.63, 3.8) is 0 Å². The Morgan fingerprint density at radius 1 is 0.923 bits per heavy atom. The molecule has 1 unspecified atom stereocenters. The Balaban J connectivity index is 2.91. The van der Waals surface area contributed by atoms with E-state index in [0.717, 1.165) is 5.82 Å². The molecule has 0 amide bonds. The molecule has 1 atom stereocenters. The van der Waals surface area contributed by atoms with Gasteiger partial charge in [-0.05, 0) is 0 Å². The van der Waals surface area contributed by atoms with Crippen LogP contribution in [0.4, 0.5) is 0 Å². The molecule has 0 aromatic carbocycles. The Bertz CT molecular complexity index is 91.1. The molecule has 0 saturated heterocycles. The molecule has 0 N–H and O–H groups in total. The molecule has 0 aliphatic carbocycles. The molecule has 0 aromatic rings. The first kappa shape index (κ1) is 13.1. The Hall–Kier alpha value is 0.0649. The van der Waals surface area contributed by atoms with Crippen LogP contribution in [0.5, 0.6) is 0 Å². The minimum absolute atomic E-state index is 0.954. The zero-order chi connectivity index (χ0) is 9.94. The molecule has 13 heavy (non-hydrogen) atoms. The second kappa shape index (κ2) is 10.1. The summed E-state index contributed by atoms with van der Waals surface area (Å²) in [6, 6.07) is 0. The Kier molecular flexibility index (Phi) is 10.2. The second-order valence-corrected chi connectivity index (χ2v) is 4.42. The third-order valence-corrected chi connectivity index (χ3v) is 3.00. The lowest BCUT2D eigenvalue weighted by Crippen LogP contribution is -1.93. The van der Waals surface area contributed by atoms with E-state index in [1.807, 2.05) is 0 Å². The quantitative estimate of drug-likeness (QED) is 0.365. The van der Waals surface area contributed by atoms with Crippen LogP contribution >= 0.6 is 0 Å². The number of rotatable bonds is 9. The maximum Gasteiger partial charge on any atom is 0.120 e. The van der Waals surface area contributed by atoms with Gasteiger partial charge in [0.25, 0.3) is 0 Å².